The fourth-order valence-electron chi connectivity index (χ4n) is 2.67. The van der Waals surface area contributed by atoms with Gasteiger partial charge < -0.3 is 5.32 Å². The molecule has 2 rings (SSSR count). The number of nitrogens with one attached hydrogen (secondary N) is 1. The molecule has 1 unspecified atom stereocenters. The van der Waals surface area contributed by atoms with Gasteiger partial charge in [0.1, 0.15) is 5.82 Å². The molecule has 1 atom stereocenters. The minimum atomic E-state index is -0.262. The molecule has 0 aliphatic heterocycles. The first-order valence-electron chi connectivity index (χ1n) is 7.08. The summed E-state index contributed by atoms with van der Waals surface area (Å²) in [7, 11) is 0. The van der Waals surface area contributed by atoms with Crippen LogP contribution in [0, 0.1) is 17.2 Å². The van der Waals surface area contributed by atoms with Crippen LogP contribution in [0.25, 0.3) is 0 Å². The molecule has 0 bridgehead atoms. The number of benzene rings is 1. The van der Waals surface area contributed by atoms with E-state index in [0.29, 0.717) is 11.1 Å². The zero-order valence-electron chi connectivity index (χ0n) is 12.0. The third-order valence-corrected chi connectivity index (χ3v) is 4.44. The van der Waals surface area contributed by atoms with E-state index in [4.69, 9.17) is 11.6 Å². The standard InChI is InChI=1S/C16H23ClFN/c1-11(2)19-10-16(3,13-5-6-13)9-12-4-7-14(18)8-15(12)17/h4,7-8,11,13,19H,5-6,9-10H2,1-3H3. The molecule has 0 spiro atoms. The molecule has 1 N–H and O–H groups in total. The quantitative estimate of drug-likeness (QED) is 0.814. The van der Waals surface area contributed by atoms with Gasteiger partial charge in [-0.05, 0) is 48.3 Å². The van der Waals surface area contributed by atoms with Gasteiger partial charge in [-0.15, -0.1) is 0 Å². The summed E-state index contributed by atoms with van der Waals surface area (Å²) < 4.78 is 13.1. The van der Waals surface area contributed by atoms with Gasteiger partial charge in [-0.1, -0.05) is 38.4 Å². The molecule has 1 saturated carbocycles. The highest BCUT2D eigenvalue weighted by atomic mass is 35.5. The van der Waals surface area contributed by atoms with Gasteiger partial charge in [-0.2, -0.15) is 0 Å². The molecule has 1 nitrogen and oxygen atoms in total. The highest BCUT2D eigenvalue weighted by Crippen LogP contribution is 2.47. The van der Waals surface area contributed by atoms with Crippen molar-refractivity contribution in [3.63, 3.8) is 0 Å². The summed E-state index contributed by atoms with van der Waals surface area (Å²) in [6.07, 6.45) is 3.51. The molecule has 106 valence electrons. The minimum Gasteiger partial charge on any atom is -0.314 e. The Bertz CT molecular complexity index is 442. The topological polar surface area (TPSA) is 12.0 Å². The van der Waals surface area contributed by atoms with E-state index in [-0.39, 0.29) is 11.2 Å². The maximum absolute atomic E-state index is 13.1. The van der Waals surface area contributed by atoms with Crippen molar-refractivity contribution in [2.45, 2.75) is 46.1 Å². The normalized spacial score (nSPS) is 18.6. The first kappa shape index (κ1) is 14.8. The molecule has 0 radical (unpaired) electrons. The van der Waals surface area contributed by atoms with E-state index in [1.165, 1.54) is 25.0 Å². The second kappa shape index (κ2) is 5.80. The third kappa shape index (κ3) is 3.93. The van der Waals surface area contributed by atoms with Crippen LogP contribution in [0.2, 0.25) is 5.02 Å². The van der Waals surface area contributed by atoms with Crippen molar-refractivity contribution in [1.29, 1.82) is 0 Å². The van der Waals surface area contributed by atoms with Gasteiger partial charge in [0, 0.05) is 17.6 Å². The van der Waals surface area contributed by atoms with E-state index < -0.39 is 0 Å². The second-order valence-corrected chi connectivity index (χ2v) is 6.78. The summed E-state index contributed by atoms with van der Waals surface area (Å²) in [5, 5.41) is 4.09. The molecule has 1 aromatic carbocycles. The lowest BCUT2D eigenvalue weighted by atomic mass is 9.78. The molecule has 1 aliphatic carbocycles. The van der Waals surface area contributed by atoms with Gasteiger partial charge in [-0.3, -0.25) is 0 Å². The van der Waals surface area contributed by atoms with Crippen LogP contribution >= 0.6 is 11.6 Å². The first-order valence-corrected chi connectivity index (χ1v) is 7.46. The Morgan fingerprint density at radius 2 is 2.11 bits per heavy atom. The average molecular weight is 284 g/mol. The summed E-state index contributed by atoms with van der Waals surface area (Å²) in [5.41, 5.74) is 1.27. The van der Waals surface area contributed by atoms with E-state index in [1.54, 1.807) is 0 Å². The van der Waals surface area contributed by atoms with Gasteiger partial charge in [0.25, 0.3) is 0 Å². The molecule has 0 aromatic heterocycles. The zero-order valence-corrected chi connectivity index (χ0v) is 12.7. The molecular weight excluding hydrogens is 261 g/mol. The molecule has 3 heteroatoms. The molecule has 1 aromatic rings. The molecule has 1 fully saturated rings. The van der Waals surface area contributed by atoms with Crippen molar-refractivity contribution in [3.05, 3.63) is 34.6 Å². The lowest BCUT2D eigenvalue weighted by Gasteiger charge is -2.31. The average Bonchev–Trinajstić information content (AvgIpc) is 3.15. The molecule has 0 saturated heterocycles. The Labute approximate surface area is 120 Å². The minimum absolute atomic E-state index is 0.214. The largest absolute Gasteiger partial charge is 0.314 e. The van der Waals surface area contributed by atoms with Crippen molar-refractivity contribution in [1.82, 2.24) is 5.32 Å². The van der Waals surface area contributed by atoms with E-state index in [9.17, 15) is 4.39 Å². The van der Waals surface area contributed by atoms with Crippen molar-refractivity contribution in [3.8, 4) is 0 Å². The van der Waals surface area contributed by atoms with Crippen LogP contribution < -0.4 is 5.32 Å². The Morgan fingerprint density at radius 3 is 2.63 bits per heavy atom. The van der Waals surface area contributed by atoms with Gasteiger partial charge in [0.15, 0.2) is 0 Å². The van der Waals surface area contributed by atoms with Crippen LogP contribution in [0.3, 0.4) is 0 Å². The monoisotopic (exact) mass is 283 g/mol. The number of halogens is 2. The van der Waals surface area contributed by atoms with Crippen molar-refractivity contribution >= 4 is 11.6 Å². The molecule has 0 amide bonds. The maximum atomic E-state index is 13.1. The smallest absolute Gasteiger partial charge is 0.124 e. The Hall–Kier alpha value is -0.600. The van der Waals surface area contributed by atoms with Crippen molar-refractivity contribution in [2.24, 2.45) is 11.3 Å². The van der Waals surface area contributed by atoms with Crippen LogP contribution in [0.15, 0.2) is 18.2 Å². The van der Waals surface area contributed by atoms with E-state index in [1.807, 2.05) is 6.07 Å². The van der Waals surface area contributed by atoms with Crippen LogP contribution in [-0.4, -0.2) is 12.6 Å². The van der Waals surface area contributed by atoms with E-state index in [0.717, 1.165) is 24.4 Å². The first-order chi connectivity index (χ1) is 8.90. The Kier molecular flexibility index (Phi) is 4.52. The number of rotatable bonds is 6. The van der Waals surface area contributed by atoms with Crippen LogP contribution in [0.4, 0.5) is 4.39 Å². The fourth-order valence-corrected chi connectivity index (χ4v) is 2.90. The lowest BCUT2D eigenvalue weighted by molar-refractivity contribution is 0.248. The molecule has 0 heterocycles. The highest BCUT2D eigenvalue weighted by Gasteiger charge is 2.41. The van der Waals surface area contributed by atoms with Crippen LogP contribution in [0.5, 0.6) is 0 Å². The summed E-state index contributed by atoms with van der Waals surface area (Å²) in [5.74, 6) is 0.502. The second-order valence-electron chi connectivity index (χ2n) is 6.38. The maximum Gasteiger partial charge on any atom is 0.124 e. The third-order valence-electron chi connectivity index (χ3n) is 4.09. The molecular formula is C16H23ClFN. The van der Waals surface area contributed by atoms with Gasteiger partial charge in [-0.25, -0.2) is 4.39 Å². The van der Waals surface area contributed by atoms with Crippen molar-refractivity contribution in [2.75, 3.05) is 6.54 Å². The van der Waals surface area contributed by atoms with Gasteiger partial charge >= 0.3 is 0 Å². The van der Waals surface area contributed by atoms with Crippen molar-refractivity contribution < 1.29 is 4.39 Å². The summed E-state index contributed by atoms with van der Waals surface area (Å²) in [6.45, 7) is 7.64. The lowest BCUT2D eigenvalue weighted by Crippen LogP contribution is -2.38. The summed E-state index contributed by atoms with van der Waals surface area (Å²) in [4.78, 5) is 0. The molecule has 1 aliphatic rings. The van der Waals surface area contributed by atoms with E-state index in [2.05, 4.69) is 26.1 Å². The van der Waals surface area contributed by atoms with Gasteiger partial charge in [0.05, 0.1) is 0 Å². The number of hydrogen-bond donors (Lipinski definition) is 1. The van der Waals surface area contributed by atoms with E-state index >= 15 is 0 Å². The number of hydrogen-bond acceptors (Lipinski definition) is 1. The van der Waals surface area contributed by atoms with Gasteiger partial charge in [0.2, 0.25) is 0 Å². The van der Waals surface area contributed by atoms with Crippen LogP contribution in [0.1, 0.15) is 39.2 Å². The Balaban J connectivity index is 2.11. The zero-order chi connectivity index (χ0) is 14.0. The highest BCUT2D eigenvalue weighted by molar-refractivity contribution is 6.31. The van der Waals surface area contributed by atoms with Crippen LogP contribution in [-0.2, 0) is 6.42 Å². The predicted octanol–water partition coefficient (Wildman–Crippen LogP) is 4.44. The Morgan fingerprint density at radius 1 is 1.42 bits per heavy atom. The fraction of sp³-hybridized carbons (Fsp3) is 0.625. The predicted molar refractivity (Wildman–Crippen MR) is 79.1 cm³/mol. The summed E-state index contributed by atoms with van der Waals surface area (Å²) in [6, 6.07) is 5.24. The summed E-state index contributed by atoms with van der Waals surface area (Å²) >= 11 is 6.16. The molecule has 19 heavy (non-hydrogen) atoms. The SMILES string of the molecule is CC(C)NCC(C)(Cc1ccc(F)cc1Cl)C1CC1.